The SMILES string of the molecule is CC(C)(C)CCCCc1c(C(=O)C2=CC=CC=CC2)oc2ccccc12. The lowest BCUT2D eigenvalue weighted by Gasteiger charge is -2.17. The van der Waals surface area contributed by atoms with Crippen LogP contribution in [0.25, 0.3) is 11.0 Å². The Morgan fingerprint density at radius 2 is 1.88 bits per heavy atom. The van der Waals surface area contributed by atoms with E-state index in [4.69, 9.17) is 4.42 Å². The van der Waals surface area contributed by atoms with Gasteiger partial charge in [-0.25, -0.2) is 0 Å². The molecule has 0 unspecified atom stereocenters. The van der Waals surface area contributed by atoms with Crippen LogP contribution in [0.3, 0.4) is 0 Å². The lowest BCUT2D eigenvalue weighted by Crippen LogP contribution is -2.06. The predicted octanol–water partition coefficient (Wildman–Crippen LogP) is 6.82. The highest BCUT2D eigenvalue weighted by Gasteiger charge is 2.22. The van der Waals surface area contributed by atoms with Crippen molar-refractivity contribution in [2.24, 2.45) is 5.41 Å². The van der Waals surface area contributed by atoms with E-state index in [1.54, 1.807) is 0 Å². The van der Waals surface area contributed by atoms with Crippen LogP contribution in [-0.4, -0.2) is 5.78 Å². The number of hydrogen-bond acceptors (Lipinski definition) is 2. The molecule has 2 heteroatoms. The third-order valence-corrected chi connectivity index (χ3v) is 4.79. The second-order valence-corrected chi connectivity index (χ2v) is 8.21. The monoisotopic (exact) mass is 348 g/mol. The Morgan fingerprint density at radius 3 is 2.69 bits per heavy atom. The minimum atomic E-state index is 0.0169. The van der Waals surface area contributed by atoms with Crippen molar-refractivity contribution in [3.63, 3.8) is 0 Å². The second kappa shape index (κ2) is 7.90. The van der Waals surface area contributed by atoms with Gasteiger partial charge < -0.3 is 4.42 Å². The minimum Gasteiger partial charge on any atom is -0.452 e. The topological polar surface area (TPSA) is 30.2 Å². The van der Waals surface area contributed by atoms with E-state index in [-0.39, 0.29) is 5.78 Å². The van der Waals surface area contributed by atoms with Gasteiger partial charge in [0.15, 0.2) is 5.76 Å². The van der Waals surface area contributed by atoms with Crippen molar-refractivity contribution < 1.29 is 9.21 Å². The summed E-state index contributed by atoms with van der Waals surface area (Å²) in [6.45, 7) is 6.82. The molecule has 1 aliphatic rings. The van der Waals surface area contributed by atoms with Crippen molar-refractivity contribution in [2.75, 3.05) is 0 Å². The smallest absolute Gasteiger partial charge is 0.224 e. The van der Waals surface area contributed by atoms with E-state index in [1.165, 1.54) is 6.42 Å². The first-order valence-corrected chi connectivity index (χ1v) is 9.53. The molecule has 1 heterocycles. The average Bonchev–Trinajstić information content (AvgIpc) is 2.77. The standard InChI is InChI=1S/C24H28O2/c1-24(2,3)17-11-10-15-20-19-14-8-9-16-21(19)26-23(20)22(25)18-12-6-4-5-7-13-18/h4-9,12,14,16H,10-11,13,15,17H2,1-3H3. The molecule has 2 nitrogen and oxygen atoms in total. The third kappa shape index (κ3) is 4.43. The molecule has 0 N–H and O–H groups in total. The van der Waals surface area contributed by atoms with Crippen molar-refractivity contribution in [2.45, 2.75) is 52.9 Å². The van der Waals surface area contributed by atoms with Crippen LogP contribution in [0.5, 0.6) is 0 Å². The Balaban J connectivity index is 1.87. The molecule has 0 amide bonds. The number of unbranched alkanes of at least 4 members (excludes halogenated alkanes) is 1. The number of allylic oxidation sites excluding steroid dienone is 6. The number of hydrogen-bond donors (Lipinski definition) is 0. The van der Waals surface area contributed by atoms with Gasteiger partial charge in [0.1, 0.15) is 5.58 Å². The van der Waals surface area contributed by atoms with Gasteiger partial charge in [-0.3, -0.25) is 4.79 Å². The van der Waals surface area contributed by atoms with Crippen LogP contribution in [0, 0.1) is 5.41 Å². The van der Waals surface area contributed by atoms with Crippen molar-refractivity contribution >= 4 is 16.8 Å². The fourth-order valence-corrected chi connectivity index (χ4v) is 3.38. The number of Topliss-reactive ketones (excluding diaryl/α,β-unsaturated/α-hetero) is 1. The zero-order valence-electron chi connectivity index (χ0n) is 16.0. The number of carbonyl (C=O) groups excluding carboxylic acids is 1. The Bertz CT molecular complexity index is 869. The van der Waals surface area contributed by atoms with Gasteiger partial charge in [-0.1, -0.05) is 75.8 Å². The summed E-state index contributed by atoms with van der Waals surface area (Å²) < 4.78 is 6.01. The number of aryl methyl sites for hydroxylation is 1. The van der Waals surface area contributed by atoms with Crippen molar-refractivity contribution in [1.29, 1.82) is 0 Å². The van der Waals surface area contributed by atoms with E-state index in [1.807, 2.05) is 48.6 Å². The highest BCUT2D eigenvalue weighted by atomic mass is 16.3. The molecule has 26 heavy (non-hydrogen) atoms. The molecular formula is C24H28O2. The van der Waals surface area contributed by atoms with Gasteiger partial charge in [0.2, 0.25) is 5.78 Å². The van der Waals surface area contributed by atoms with Gasteiger partial charge in [-0.2, -0.15) is 0 Å². The fourth-order valence-electron chi connectivity index (χ4n) is 3.38. The predicted molar refractivity (Wildman–Crippen MR) is 109 cm³/mol. The number of carbonyl (C=O) groups is 1. The van der Waals surface area contributed by atoms with Crippen molar-refractivity contribution in [3.8, 4) is 0 Å². The molecule has 3 rings (SSSR count). The Labute approximate surface area is 156 Å². The zero-order valence-corrected chi connectivity index (χ0v) is 16.0. The van der Waals surface area contributed by atoms with E-state index in [0.717, 1.165) is 41.4 Å². The molecule has 0 aliphatic heterocycles. The molecule has 0 spiro atoms. The first kappa shape index (κ1) is 18.4. The number of fused-ring (bicyclic) bond motifs is 1. The number of furan rings is 1. The van der Waals surface area contributed by atoms with Crippen LogP contribution in [-0.2, 0) is 6.42 Å². The van der Waals surface area contributed by atoms with Gasteiger partial charge in [0, 0.05) is 16.5 Å². The molecule has 0 bridgehead atoms. The van der Waals surface area contributed by atoms with Gasteiger partial charge in [0.05, 0.1) is 0 Å². The van der Waals surface area contributed by atoms with E-state index in [9.17, 15) is 4.79 Å². The maximum Gasteiger partial charge on any atom is 0.224 e. The maximum absolute atomic E-state index is 13.1. The fraction of sp³-hybridized carbons (Fsp3) is 0.375. The first-order valence-electron chi connectivity index (χ1n) is 9.53. The molecule has 1 aromatic heterocycles. The first-order chi connectivity index (χ1) is 12.5. The number of rotatable bonds is 6. The van der Waals surface area contributed by atoms with E-state index >= 15 is 0 Å². The summed E-state index contributed by atoms with van der Waals surface area (Å²) in [6.07, 6.45) is 14.7. The molecule has 1 aliphatic carbocycles. The number of benzene rings is 1. The van der Waals surface area contributed by atoms with Crippen LogP contribution in [0.15, 0.2) is 64.6 Å². The molecule has 0 fully saturated rings. The summed E-state index contributed by atoms with van der Waals surface area (Å²) in [4.78, 5) is 13.1. The van der Waals surface area contributed by atoms with Crippen LogP contribution < -0.4 is 0 Å². The average molecular weight is 348 g/mol. The Kier molecular flexibility index (Phi) is 5.61. The summed E-state index contributed by atoms with van der Waals surface area (Å²) in [5.74, 6) is 0.542. The third-order valence-electron chi connectivity index (χ3n) is 4.79. The lowest BCUT2D eigenvalue weighted by molar-refractivity contribution is 0.100. The highest BCUT2D eigenvalue weighted by molar-refractivity contribution is 6.10. The van der Waals surface area contributed by atoms with Crippen LogP contribution in [0.2, 0.25) is 0 Å². The number of ketones is 1. The maximum atomic E-state index is 13.1. The summed E-state index contributed by atoms with van der Waals surface area (Å²) in [7, 11) is 0. The highest BCUT2D eigenvalue weighted by Crippen LogP contribution is 2.31. The van der Waals surface area contributed by atoms with Crippen LogP contribution >= 0.6 is 0 Å². The second-order valence-electron chi connectivity index (χ2n) is 8.21. The van der Waals surface area contributed by atoms with E-state index in [2.05, 4.69) is 26.8 Å². The Morgan fingerprint density at radius 1 is 1.08 bits per heavy atom. The summed E-state index contributed by atoms with van der Waals surface area (Å²) >= 11 is 0. The normalized spacial score (nSPS) is 14.5. The Hall–Kier alpha value is -2.35. The molecule has 136 valence electrons. The van der Waals surface area contributed by atoms with Crippen molar-refractivity contribution in [3.05, 3.63) is 71.5 Å². The molecular weight excluding hydrogens is 320 g/mol. The summed E-state index contributed by atoms with van der Waals surface area (Å²) in [5.41, 5.74) is 3.01. The van der Waals surface area contributed by atoms with Gasteiger partial charge >= 0.3 is 0 Å². The molecule has 2 aromatic rings. The van der Waals surface area contributed by atoms with E-state index < -0.39 is 0 Å². The molecule has 0 radical (unpaired) electrons. The molecule has 0 saturated carbocycles. The summed E-state index contributed by atoms with van der Waals surface area (Å²) in [6, 6.07) is 7.99. The summed E-state index contributed by atoms with van der Waals surface area (Å²) in [5, 5.41) is 1.08. The van der Waals surface area contributed by atoms with Crippen LogP contribution in [0.4, 0.5) is 0 Å². The number of para-hydroxylation sites is 1. The largest absolute Gasteiger partial charge is 0.452 e. The minimum absolute atomic E-state index is 0.0169. The van der Waals surface area contributed by atoms with E-state index in [0.29, 0.717) is 17.6 Å². The van der Waals surface area contributed by atoms with Gasteiger partial charge in [0.25, 0.3) is 0 Å². The quantitative estimate of drug-likeness (QED) is 0.423. The van der Waals surface area contributed by atoms with Gasteiger partial charge in [-0.15, -0.1) is 0 Å². The molecule has 0 atom stereocenters. The van der Waals surface area contributed by atoms with Gasteiger partial charge in [-0.05, 0) is 37.2 Å². The zero-order chi connectivity index (χ0) is 18.6. The molecule has 0 saturated heterocycles. The van der Waals surface area contributed by atoms with Crippen molar-refractivity contribution in [1.82, 2.24) is 0 Å². The van der Waals surface area contributed by atoms with Crippen LogP contribution in [0.1, 0.15) is 62.6 Å². The lowest BCUT2D eigenvalue weighted by atomic mass is 9.88. The molecule has 1 aromatic carbocycles.